The van der Waals surface area contributed by atoms with Crippen molar-refractivity contribution in [3.63, 3.8) is 0 Å². The van der Waals surface area contributed by atoms with Crippen molar-refractivity contribution >= 4 is 23.8 Å². The molecule has 10 nitrogen and oxygen atoms in total. The number of hydrogen-bond donors (Lipinski definition) is 4. The molecule has 0 saturated carbocycles. The van der Waals surface area contributed by atoms with Gasteiger partial charge in [-0.25, -0.2) is 4.79 Å². The summed E-state index contributed by atoms with van der Waals surface area (Å²) < 4.78 is 5.31. The number of alkyl carbamates (subject to hydrolysis) is 1. The van der Waals surface area contributed by atoms with E-state index in [2.05, 4.69) is 17.6 Å². The van der Waals surface area contributed by atoms with Crippen LogP contribution in [0.1, 0.15) is 104 Å². The molecule has 39 heavy (non-hydrogen) atoms. The lowest BCUT2D eigenvalue weighted by molar-refractivity contribution is -0.143. The van der Waals surface area contributed by atoms with Gasteiger partial charge in [0.05, 0.1) is 6.42 Å². The van der Waals surface area contributed by atoms with Crippen LogP contribution in [0.15, 0.2) is 24.3 Å². The summed E-state index contributed by atoms with van der Waals surface area (Å²) in [5, 5.41) is 15.2. The van der Waals surface area contributed by atoms with Gasteiger partial charge in [0, 0.05) is 13.1 Å². The number of benzene rings is 1. The second kappa shape index (κ2) is 17.3. The summed E-state index contributed by atoms with van der Waals surface area (Å²) in [6.07, 6.45) is 6.10. The van der Waals surface area contributed by atoms with Crippen LogP contribution in [0.5, 0.6) is 5.75 Å². The first-order valence-electron chi connectivity index (χ1n) is 14.0. The van der Waals surface area contributed by atoms with Crippen LogP contribution in [-0.2, 0) is 19.1 Å². The summed E-state index contributed by atoms with van der Waals surface area (Å²) in [4.78, 5) is 53.4. The van der Waals surface area contributed by atoms with Gasteiger partial charge in [0.2, 0.25) is 17.7 Å². The van der Waals surface area contributed by atoms with E-state index in [-0.39, 0.29) is 18.2 Å². The van der Waals surface area contributed by atoms with Gasteiger partial charge in [0.15, 0.2) is 0 Å². The first-order chi connectivity index (χ1) is 18.4. The molecule has 5 N–H and O–H groups in total. The fraction of sp³-hybridized carbons (Fsp3) is 0.655. The molecular weight excluding hydrogens is 500 g/mol. The molecule has 0 aliphatic heterocycles. The molecule has 0 aromatic heterocycles. The number of nitrogens with two attached hydrogens (primary N) is 1. The number of primary amides is 1. The molecule has 1 rings (SSSR count). The number of amides is 4. The zero-order valence-electron chi connectivity index (χ0n) is 24.3. The summed E-state index contributed by atoms with van der Waals surface area (Å²) in [7, 11) is 0. The van der Waals surface area contributed by atoms with Crippen molar-refractivity contribution < 1.29 is 29.0 Å². The van der Waals surface area contributed by atoms with Gasteiger partial charge in [-0.05, 0) is 51.3 Å². The fourth-order valence-corrected chi connectivity index (χ4v) is 4.09. The summed E-state index contributed by atoms with van der Waals surface area (Å²) >= 11 is 0. The van der Waals surface area contributed by atoms with Crippen LogP contribution in [-0.4, -0.2) is 58.6 Å². The van der Waals surface area contributed by atoms with Crippen LogP contribution in [0, 0.1) is 0 Å². The Labute approximate surface area is 233 Å². The van der Waals surface area contributed by atoms with Crippen LogP contribution >= 0.6 is 0 Å². The minimum Gasteiger partial charge on any atom is -0.508 e. The van der Waals surface area contributed by atoms with Gasteiger partial charge in [0.1, 0.15) is 23.4 Å². The van der Waals surface area contributed by atoms with Crippen LogP contribution in [0.3, 0.4) is 0 Å². The number of carbonyl (C=O) groups excluding carboxylic acids is 4. The predicted molar refractivity (Wildman–Crippen MR) is 151 cm³/mol. The Bertz CT molecular complexity index is 913. The summed E-state index contributed by atoms with van der Waals surface area (Å²) in [5.74, 6) is -1.76. The Morgan fingerprint density at radius 1 is 0.949 bits per heavy atom. The molecule has 0 heterocycles. The maximum Gasteiger partial charge on any atom is 0.408 e. The third-order valence-electron chi connectivity index (χ3n) is 6.03. The normalized spacial score (nSPS) is 12.7. The van der Waals surface area contributed by atoms with E-state index >= 15 is 0 Å². The van der Waals surface area contributed by atoms with Gasteiger partial charge in [-0.3, -0.25) is 14.4 Å². The van der Waals surface area contributed by atoms with Crippen LogP contribution < -0.4 is 16.4 Å². The largest absolute Gasteiger partial charge is 0.508 e. The van der Waals surface area contributed by atoms with Crippen LogP contribution in [0.4, 0.5) is 4.79 Å². The van der Waals surface area contributed by atoms with E-state index in [1.165, 1.54) is 17.0 Å². The average Bonchev–Trinajstić information content (AvgIpc) is 2.84. The van der Waals surface area contributed by atoms with E-state index in [1.807, 2.05) is 6.92 Å². The van der Waals surface area contributed by atoms with Crippen LogP contribution in [0.2, 0.25) is 0 Å². The van der Waals surface area contributed by atoms with E-state index in [9.17, 15) is 24.3 Å². The maximum atomic E-state index is 14.0. The van der Waals surface area contributed by atoms with E-state index in [0.29, 0.717) is 18.5 Å². The molecule has 2 unspecified atom stereocenters. The SMILES string of the molecule is CCCCCCCCN(C(=O)C(CC(N)=O)NC(=O)OC(C)(C)C)C(C(=O)NCCCC)c1ccc(O)cc1. The second-order valence-corrected chi connectivity index (χ2v) is 10.8. The lowest BCUT2D eigenvalue weighted by Crippen LogP contribution is -2.54. The molecule has 2 atom stereocenters. The average molecular weight is 549 g/mol. The van der Waals surface area contributed by atoms with Gasteiger partial charge in [-0.1, -0.05) is 64.5 Å². The van der Waals surface area contributed by atoms with Gasteiger partial charge < -0.3 is 31.1 Å². The van der Waals surface area contributed by atoms with E-state index in [4.69, 9.17) is 10.5 Å². The smallest absolute Gasteiger partial charge is 0.408 e. The molecule has 10 heteroatoms. The van der Waals surface area contributed by atoms with E-state index in [0.717, 1.165) is 44.9 Å². The third-order valence-corrected chi connectivity index (χ3v) is 6.03. The van der Waals surface area contributed by atoms with Crippen molar-refractivity contribution in [2.45, 2.75) is 110 Å². The number of hydrogen-bond acceptors (Lipinski definition) is 6. The molecule has 0 aliphatic carbocycles. The predicted octanol–water partition coefficient (Wildman–Crippen LogP) is 4.31. The molecule has 0 fully saturated rings. The molecule has 220 valence electrons. The highest BCUT2D eigenvalue weighted by atomic mass is 16.6. The van der Waals surface area contributed by atoms with Crippen molar-refractivity contribution in [2.24, 2.45) is 5.73 Å². The van der Waals surface area contributed by atoms with Gasteiger partial charge >= 0.3 is 6.09 Å². The van der Waals surface area contributed by atoms with Crippen molar-refractivity contribution in [3.05, 3.63) is 29.8 Å². The Morgan fingerprint density at radius 3 is 2.10 bits per heavy atom. The number of nitrogens with one attached hydrogen (secondary N) is 2. The molecule has 0 bridgehead atoms. The third kappa shape index (κ3) is 13.4. The first kappa shape index (κ1) is 33.7. The summed E-state index contributed by atoms with van der Waals surface area (Å²) in [5.41, 5.74) is 5.11. The zero-order chi connectivity index (χ0) is 29.4. The highest BCUT2D eigenvalue weighted by molar-refractivity contribution is 5.94. The lowest BCUT2D eigenvalue weighted by Gasteiger charge is -2.34. The standard InChI is InChI=1S/C29H48N4O6/c1-6-8-10-11-12-13-19-33(27(37)23(20-24(30)35)32-28(38)39-29(3,4)5)25(26(36)31-18-9-7-2)21-14-16-22(34)17-15-21/h14-17,23,25,34H,6-13,18-20H2,1-5H3,(H2,30,35)(H,31,36)(H,32,38). The quantitative estimate of drug-likeness (QED) is 0.213. The first-order valence-corrected chi connectivity index (χ1v) is 14.0. The molecular formula is C29H48N4O6. The lowest BCUT2D eigenvalue weighted by atomic mass is 10.0. The number of nitrogens with zero attached hydrogens (tertiary/aromatic N) is 1. The van der Waals surface area contributed by atoms with Gasteiger partial charge in [-0.15, -0.1) is 0 Å². The minimum absolute atomic E-state index is 0.0240. The molecule has 4 amide bonds. The summed E-state index contributed by atoms with van der Waals surface area (Å²) in [6.45, 7) is 9.86. The second-order valence-electron chi connectivity index (χ2n) is 10.8. The fourth-order valence-electron chi connectivity index (χ4n) is 4.09. The maximum absolute atomic E-state index is 14.0. The monoisotopic (exact) mass is 548 g/mol. The van der Waals surface area contributed by atoms with Crippen molar-refractivity contribution in [2.75, 3.05) is 13.1 Å². The summed E-state index contributed by atoms with van der Waals surface area (Å²) in [6, 6.07) is 3.72. The number of carbonyl (C=O) groups is 4. The van der Waals surface area contributed by atoms with Crippen LogP contribution in [0.25, 0.3) is 0 Å². The Hall–Kier alpha value is -3.30. The number of phenols is 1. The molecule has 1 aromatic rings. The van der Waals surface area contributed by atoms with Crippen molar-refractivity contribution in [3.8, 4) is 5.75 Å². The van der Waals surface area contributed by atoms with E-state index in [1.54, 1.807) is 32.9 Å². The molecule has 0 radical (unpaired) electrons. The number of rotatable bonds is 17. The number of aromatic hydroxyl groups is 1. The van der Waals surface area contributed by atoms with Crippen molar-refractivity contribution in [1.82, 2.24) is 15.5 Å². The topological polar surface area (TPSA) is 151 Å². The van der Waals surface area contributed by atoms with Gasteiger partial charge in [0.25, 0.3) is 0 Å². The Morgan fingerprint density at radius 2 is 1.54 bits per heavy atom. The highest BCUT2D eigenvalue weighted by Gasteiger charge is 2.36. The molecule has 0 aliphatic rings. The molecule has 0 saturated heterocycles. The van der Waals surface area contributed by atoms with Crippen molar-refractivity contribution in [1.29, 1.82) is 0 Å². The highest BCUT2D eigenvalue weighted by Crippen LogP contribution is 2.26. The van der Waals surface area contributed by atoms with E-state index < -0.39 is 42.0 Å². The minimum atomic E-state index is -1.32. The molecule has 0 spiro atoms. The number of ether oxygens (including phenoxy) is 1. The van der Waals surface area contributed by atoms with Gasteiger partial charge in [-0.2, -0.15) is 0 Å². The Balaban J connectivity index is 3.39. The Kier molecular flexibility index (Phi) is 15.0. The zero-order valence-corrected chi connectivity index (χ0v) is 24.3. The number of phenolic OH excluding ortho intramolecular Hbond substituents is 1. The molecule has 1 aromatic carbocycles. The number of unbranched alkanes of at least 4 members (excludes halogenated alkanes) is 6.